The molecule has 1 saturated heterocycles. The number of ether oxygens (including phenoxy) is 1. The molecule has 4 aromatic rings. The van der Waals surface area contributed by atoms with Crippen molar-refractivity contribution in [2.75, 3.05) is 18.4 Å². The van der Waals surface area contributed by atoms with E-state index in [-0.39, 0.29) is 18.1 Å². The summed E-state index contributed by atoms with van der Waals surface area (Å²) in [5, 5.41) is 9.21. The maximum atomic E-state index is 13.9. The van der Waals surface area contributed by atoms with Gasteiger partial charge in [0.1, 0.15) is 23.2 Å². The van der Waals surface area contributed by atoms with Gasteiger partial charge in [-0.25, -0.2) is 9.78 Å². The summed E-state index contributed by atoms with van der Waals surface area (Å²) in [5.41, 5.74) is 0.371. The molecule has 2 atom stereocenters. The quantitative estimate of drug-likeness (QED) is 0.183. The van der Waals surface area contributed by atoms with Crippen LogP contribution in [0.25, 0.3) is 10.9 Å². The first kappa shape index (κ1) is 35.2. The Hall–Kier alpha value is -5.13. The van der Waals surface area contributed by atoms with Crippen LogP contribution in [0.15, 0.2) is 73.3 Å². The first-order chi connectivity index (χ1) is 23.2. The van der Waals surface area contributed by atoms with E-state index >= 15 is 0 Å². The highest BCUT2D eigenvalue weighted by Crippen LogP contribution is 2.26. The lowest BCUT2D eigenvalue weighted by Gasteiger charge is -2.33. The maximum absolute atomic E-state index is 13.9. The second-order valence-electron chi connectivity index (χ2n) is 14.4. The van der Waals surface area contributed by atoms with Crippen molar-refractivity contribution < 1.29 is 23.9 Å². The molecule has 2 aromatic carbocycles. The van der Waals surface area contributed by atoms with Crippen molar-refractivity contribution in [3.63, 3.8) is 0 Å². The van der Waals surface area contributed by atoms with E-state index in [2.05, 4.69) is 32.8 Å². The third kappa shape index (κ3) is 8.87. The average molecular weight is 670 g/mol. The van der Waals surface area contributed by atoms with Crippen LogP contribution >= 0.6 is 0 Å². The molecule has 1 aliphatic heterocycles. The number of hydrogen-bond donors (Lipinski definition) is 4. The number of nitrogens with zero attached hydrogens (tertiary/aromatic N) is 3. The first-order valence-corrected chi connectivity index (χ1v) is 16.8. The molecule has 0 bridgehead atoms. The summed E-state index contributed by atoms with van der Waals surface area (Å²) < 4.78 is 7.07. The summed E-state index contributed by atoms with van der Waals surface area (Å²) in [5.74, 6) is -0.308. The number of para-hydroxylation sites is 1. The Kier molecular flexibility index (Phi) is 10.4. The van der Waals surface area contributed by atoms with Gasteiger partial charge in [0.25, 0.3) is 0 Å². The van der Waals surface area contributed by atoms with Crippen molar-refractivity contribution in [3.8, 4) is 0 Å². The van der Waals surface area contributed by atoms with Crippen LogP contribution in [-0.4, -0.2) is 73.5 Å². The minimum absolute atomic E-state index is 0.0300. The van der Waals surface area contributed by atoms with E-state index < -0.39 is 41.1 Å². The Bertz CT molecular complexity index is 1780. The van der Waals surface area contributed by atoms with Gasteiger partial charge in [0.2, 0.25) is 17.7 Å². The molecule has 260 valence electrons. The standard InChI is InChI=1S/C37H47N7O5/c1-24-16-18-43(19-17-24)33(46)31(25-12-8-7-9-13-25)44-22-30(39-23-44)41-32(45)29(20-26-21-38-28-15-11-10-14-27(26)28)40-34(47)37(5,6)42-35(48)49-36(2,3)4/h7-15,21-24,29,31,38H,16-20H2,1-6H3,(H,40,47)(H,41,45)(H,42,48). The zero-order valence-electron chi connectivity index (χ0n) is 29.1. The zero-order valence-corrected chi connectivity index (χ0v) is 29.1. The Morgan fingerprint density at radius 2 is 1.65 bits per heavy atom. The minimum atomic E-state index is -1.40. The van der Waals surface area contributed by atoms with Crippen LogP contribution in [0.5, 0.6) is 0 Å². The monoisotopic (exact) mass is 669 g/mol. The summed E-state index contributed by atoms with van der Waals surface area (Å²) in [6, 6.07) is 15.5. The molecule has 1 aliphatic rings. The molecule has 0 radical (unpaired) electrons. The molecule has 4 N–H and O–H groups in total. The molecule has 5 rings (SSSR count). The van der Waals surface area contributed by atoms with Crippen LogP contribution in [0.2, 0.25) is 0 Å². The Balaban J connectivity index is 1.38. The molecular weight excluding hydrogens is 622 g/mol. The third-order valence-corrected chi connectivity index (χ3v) is 8.70. The van der Waals surface area contributed by atoms with Crippen LogP contribution in [-0.2, 0) is 25.5 Å². The molecule has 4 amide bonds. The van der Waals surface area contributed by atoms with E-state index in [0.29, 0.717) is 19.0 Å². The van der Waals surface area contributed by atoms with Gasteiger partial charge in [-0.3, -0.25) is 14.4 Å². The van der Waals surface area contributed by atoms with Crippen LogP contribution in [0.4, 0.5) is 10.6 Å². The van der Waals surface area contributed by atoms with Gasteiger partial charge in [0, 0.05) is 42.8 Å². The van der Waals surface area contributed by atoms with E-state index in [9.17, 15) is 19.2 Å². The highest BCUT2D eigenvalue weighted by Gasteiger charge is 2.35. The smallest absolute Gasteiger partial charge is 0.408 e. The number of rotatable bonds is 10. The number of likely N-dealkylation sites (tertiary alicyclic amines) is 1. The van der Waals surface area contributed by atoms with Crippen molar-refractivity contribution in [3.05, 3.63) is 84.4 Å². The lowest BCUT2D eigenvalue weighted by atomic mass is 9.97. The largest absolute Gasteiger partial charge is 0.444 e. The number of piperidine rings is 1. The fourth-order valence-corrected chi connectivity index (χ4v) is 5.92. The lowest BCUT2D eigenvalue weighted by Crippen LogP contribution is -2.59. The second-order valence-corrected chi connectivity index (χ2v) is 14.4. The summed E-state index contributed by atoms with van der Waals surface area (Å²) in [7, 11) is 0. The van der Waals surface area contributed by atoms with Crippen molar-refractivity contribution in [1.82, 2.24) is 30.1 Å². The van der Waals surface area contributed by atoms with E-state index in [0.717, 1.165) is 34.9 Å². The van der Waals surface area contributed by atoms with E-state index in [4.69, 9.17) is 4.74 Å². The maximum Gasteiger partial charge on any atom is 0.408 e. The molecule has 12 heteroatoms. The van der Waals surface area contributed by atoms with Gasteiger partial charge in [-0.05, 0) is 70.6 Å². The van der Waals surface area contributed by atoms with Gasteiger partial charge >= 0.3 is 6.09 Å². The van der Waals surface area contributed by atoms with Crippen molar-refractivity contribution in [1.29, 1.82) is 0 Å². The van der Waals surface area contributed by atoms with Gasteiger partial charge in [-0.2, -0.15) is 0 Å². The SMILES string of the molecule is CC1CCN(C(=O)C(c2ccccc2)n2cnc(NC(=O)C(Cc3c[nH]c4ccccc34)NC(=O)C(C)(C)NC(=O)OC(C)(C)C)c2)CC1. The number of anilines is 1. The predicted octanol–water partition coefficient (Wildman–Crippen LogP) is 5.18. The number of H-pyrrole nitrogens is 1. The number of nitrogens with one attached hydrogen (secondary N) is 4. The number of aromatic nitrogens is 3. The van der Waals surface area contributed by atoms with Crippen LogP contribution < -0.4 is 16.0 Å². The van der Waals surface area contributed by atoms with Gasteiger partial charge in [0.05, 0.1) is 6.33 Å². The highest BCUT2D eigenvalue weighted by molar-refractivity contribution is 5.99. The number of alkyl carbamates (subject to hydrolysis) is 1. The molecule has 0 saturated carbocycles. The first-order valence-electron chi connectivity index (χ1n) is 16.8. The Morgan fingerprint density at radius 1 is 0.980 bits per heavy atom. The molecule has 1 fully saturated rings. The Morgan fingerprint density at radius 3 is 2.35 bits per heavy atom. The van der Waals surface area contributed by atoms with Crippen molar-refractivity contribution in [2.45, 2.75) is 84.0 Å². The number of carbonyl (C=O) groups excluding carboxylic acids is 4. The van der Waals surface area contributed by atoms with E-state index in [1.54, 1.807) is 37.9 Å². The lowest BCUT2D eigenvalue weighted by molar-refractivity contribution is -0.135. The number of carbonyl (C=O) groups is 4. The number of benzene rings is 2. The van der Waals surface area contributed by atoms with Gasteiger partial charge in [0.15, 0.2) is 5.82 Å². The van der Waals surface area contributed by atoms with Gasteiger partial charge in [-0.1, -0.05) is 55.5 Å². The highest BCUT2D eigenvalue weighted by atomic mass is 16.6. The number of imidazole rings is 1. The predicted molar refractivity (Wildman–Crippen MR) is 188 cm³/mol. The fourth-order valence-electron chi connectivity index (χ4n) is 5.92. The molecule has 12 nitrogen and oxygen atoms in total. The molecule has 0 spiro atoms. The summed E-state index contributed by atoms with van der Waals surface area (Å²) in [6.45, 7) is 11.9. The van der Waals surface area contributed by atoms with E-state index in [1.165, 1.54) is 13.8 Å². The molecule has 49 heavy (non-hydrogen) atoms. The minimum Gasteiger partial charge on any atom is -0.444 e. The Labute approximate surface area is 287 Å². The van der Waals surface area contributed by atoms with Crippen LogP contribution in [0, 0.1) is 5.92 Å². The van der Waals surface area contributed by atoms with Crippen molar-refractivity contribution in [2.24, 2.45) is 5.92 Å². The molecule has 2 aromatic heterocycles. The molecule has 3 heterocycles. The zero-order chi connectivity index (χ0) is 35.3. The van der Waals surface area contributed by atoms with Gasteiger partial charge < -0.3 is 35.1 Å². The average Bonchev–Trinajstić information content (AvgIpc) is 3.67. The summed E-state index contributed by atoms with van der Waals surface area (Å²) >= 11 is 0. The fraction of sp³-hybridized carbons (Fsp3) is 0.432. The van der Waals surface area contributed by atoms with Crippen LogP contribution in [0.3, 0.4) is 0 Å². The number of hydrogen-bond acceptors (Lipinski definition) is 6. The normalized spacial score (nSPS) is 15.3. The van der Waals surface area contributed by atoms with Crippen molar-refractivity contribution >= 4 is 40.5 Å². The number of fused-ring (bicyclic) bond motifs is 1. The summed E-state index contributed by atoms with van der Waals surface area (Å²) in [6.07, 6.45) is 6.30. The number of amides is 4. The van der Waals surface area contributed by atoms with E-state index in [1.807, 2.05) is 65.7 Å². The molecular formula is C37H47N7O5. The topological polar surface area (TPSA) is 150 Å². The second kappa shape index (κ2) is 14.6. The third-order valence-electron chi connectivity index (χ3n) is 8.70. The molecule has 0 aliphatic carbocycles. The number of aromatic amines is 1. The van der Waals surface area contributed by atoms with Gasteiger partial charge in [-0.15, -0.1) is 0 Å². The molecule has 2 unspecified atom stereocenters. The van der Waals surface area contributed by atoms with Crippen LogP contribution in [0.1, 0.15) is 71.6 Å². The summed E-state index contributed by atoms with van der Waals surface area (Å²) in [4.78, 5) is 63.5.